The molecule has 1 aromatic rings. The molecule has 82 valence electrons. The second-order valence-corrected chi connectivity index (χ2v) is 4.09. The van der Waals surface area contributed by atoms with Crippen LogP contribution in [0.3, 0.4) is 0 Å². The zero-order valence-corrected chi connectivity index (χ0v) is 10.1. The number of carbonyl (C=O) groups is 1. The van der Waals surface area contributed by atoms with Gasteiger partial charge in [0.2, 0.25) is 5.91 Å². The zero-order chi connectivity index (χ0) is 11.3. The molecular formula is C12H17NOS. The van der Waals surface area contributed by atoms with Crippen molar-refractivity contribution >= 4 is 18.5 Å². The highest BCUT2D eigenvalue weighted by molar-refractivity contribution is 7.80. The Bertz CT molecular complexity index is 338. The van der Waals surface area contributed by atoms with E-state index in [0.717, 1.165) is 5.56 Å². The molecule has 0 spiro atoms. The molecule has 0 saturated carbocycles. The summed E-state index contributed by atoms with van der Waals surface area (Å²) in [5, 5.41) is 2.90. The van der Waals surface area contributed by atoms with Gasteiger partial charge in [0.15, 0.2) is 0 Å². The molecule has 0 radical (unpaired) electrons. The molecule has 15 heavy (non-hydrogen) atoms. The van der Waals surface area contributed by atoms with E-state index >= 15 is 0 Å². The lowest BCUT2D eigenvalue weighted by atomic mass is 10.1. The van der Waals surface area contributed by atoms with E-state index in [-0.39, 0.29) is 11.8 Å². The minimum Gasteiger partial charge on any atom is -0.352 e. The van der Waals surface area contributed by atoms with Crippen molar-refractivity contribution in [1.82, 2.24) is 5.32 Å². The Labute approximate surface area is 96.5 Å². The Balaban J connectivity index is 2.51. The molecule has 1 rings (SSSR count). The smallest absolute Gasteiger partial charge is 0.223 e. The van der Waals surface area contributed by atoms with Gasteiger partial charge in [0.05, 0.1) is 0 Å². The van der Waals surface area contributed by atoms with Crippen LogP contribution in [0.5, 0.6) is 0 Å². The number of aryl methyl sites for hydroxylation is 1. The lowest BCUT2D eigenvalue weighted by Gasteiger charge is -2.10. The minimum absolute atomic E-state index is 0.0302. The fraction of sp³-hybridized carbons (Fsp3) is 0.417. The third kappa shape index (κ3) is 3.59. The molecule has 0 aliphatic heterocycles. The van der Waals surface area contributed by atoms with Crippen LogP contribution in [0, 0.1) is 12.8 Å². The van der Waals surface area contributed by atoms with E-state index in [4.69, 9.17) is 0 Å². The van der Waals surface area contributed by atoms with E-state index in [0.29, 0.717) is 12.3 Å². The standard InChI is InChI=1S/C12H17NOS/c1-9-5-3-4-6-11(9)7-13-12(14)10(2)8-15/h3-6,10,15H,7-8H2,1-2H3,(H,13,14)/t10-/m1/s1. The van der Waals surface area contributed by atoms with Crippen LogP contribution in [0.25, 0.3) is 0 Å². The monoisotopic (exact) mass is 223 g/mol. The summed E-state index contributed by atoms with van der Waals surface area (Å²) in [7, 11) is 0. The van der Waals surface area contributed by atoms with Gasteiger partial charge in [-0.2, -0.15) is 12.6 Å². The van der Waals surface area contributed by atoms with Crippen LogP contribution in [0.15, 0.2) is 24.3 Å². The van der Waals surface area contributed by atoms with Gasteiger partial charge in [0.25, 0.3) is 0 Å². The predicted octanol–water partition coefficient (Wildman–Crippen LogP) is 2.18. The van der Waals surface area contributed by atoms with Gasteiger partial charge in [0, 0.05) is 18.2 Å². The summed E-state index contributed by atoms with van der Waals surface area (Å²) in [4.78, 5) is 11.5. The molecule has 1 atom stereocenters. The number of carbonyl (C=O) groups excluding carboxylic acids is 1. The van der Waals surface area contributed by atoms with Crippen molar-refractivity contribution in [2.45, 2.75) is 20.4 Å². The van der Waals surface area contributed by atoms with Gasteiger partial charge in [-0.05, 0) is 18.1 Å². The van der Waals surface area contributed by atoms with Gasteiger partial charge in [-0.25, -0.2) is 0 Å². The van der Waals surface area contributed by atoms with Crippen LogP contribution in [-0.2, 0) is 11.3 Å². The Morgan fingerprint density at radius 2 is 2.13 bits per heavy atom. The summed E-state index contributed by atoms with van der Waals surface area (Å²) in [5.74, 6) is 0.616. The summed E-state index contributed by atoms with van der Waals surface area (Å²) in [6.07, 6.45) is 0. The Morgan fingerprint density at radius 3 is 2.73 bits per heavy atom. The molecule has 0 heterocycles. The summed E-state index contributed by atoms with van der Waals surface area (Å²) in [6, 6.07) is 8.05. The lowest BCUT2D eigenvalue weighted by molar-refractivity contribution is -0.123. The molecule has 2 nitrogen and oxygen atoms in total. The fourth-order valence-electron chi connectivity index (χ4n) is 1.25. The molecule has 1 aromatic carbocycles. The molecule has 0 bridgehead atoms. The number of amides is 1. The van der Waals surface area contributed by atoms with Crippen molar-refractivity contribution in [3.8, 4) is 0 Å². The minimum atomic E-state index is -0.0302. The highest BCUT2D eigenvalue weighted by Gasteiger charge is 2.10. The summed E-state index contributed by atoms with van der Waals surface area (Å²) in [6.45, 7) is 4.52. The highest BCUT2D eigenvalue weighted by Crippen LogP contribution is 2.06. The third-order valence-corrected chi connectivity index (χ3v) is 2.98. The van der Waals surface area contributed by atoms with Crippen LogP contribution in [0.4, 0.5) is 0 Å². The molecule has 0 unspecified atom stereocenters. The topological polar surface area (TPSA) is 29.1 Å². The number of rotatable bonds is 4. The number of nitrogens with one attached hydrogen (secondary N) is 1. The molecule has 0 aliphatic rings. The first-order chi connectivity index (χ1) is 7.15. The predicted molar refractivity (Wildman–Crippen MR) is 66.0 cm³/mol. The molecule has 3 heteroatoms. The van der Waals surface area contributed by atoms with Crippen molar-refractivity contribution < 1.29 is 4.79 Å². The molecule has 0 saturated heterocycles. The molecule has 0 fully saturated rings. The molecule has 0 aromatic heterocycles. The molecular weight excluding hydrogens is 206 g/mol. The maximum atomic E-state index is 11.5. The molecule has 1 N–H and O–H groups in total. The molecule has 0 aliphatic carbocycles. The third-order valence-electron chi connectivity index (χ3n) is 2.44. The normalized spacial score (nSPS) is 12.2. The van der Waals surface area contributed by atoms with Crippen LogP contribution in [0.2, 0.25) is 0 Å². The van der Waals surface area contributed by atoms with Crippen LogP contribution >= 0.6 is 12.6 Å². The van der Waals surface area contributed by atoms with Crippen molar-refractivity contribution in [2.24, 2.45) is 5.92 Å². The van der Waals surface area contributed by atoms with Gasteiger partial charge in [-0.1, -0.05) is 31.2 Å². The van der Waals surface area contributed by atoms with Crippen molar-refractivity contribution in [3.63, 3.8) is 0 Å². The largest absolute Gasteiger partial charge is 0.352 e. The van der Waals surface area contributed by atoms with E-state index < -0.39 is 0 Å². The zero-order valence-electron chi connectivity index (χ0n) is 9.16. The SMILES string of the molecule is Cc1ccccc1CNC(=O)[C@H](C)CS. The molecule has 1 amide bonds. The number of thiol groups is 1. The van der Waals surface area contributed by atoms with Crippen molar-refractivity contribution in [1.29, 1.82) is 0 Å². The average molecular weight is 223 g/mol. The van der Waals surface area contributed by atoms with Gasteiger partial charge in [0.1, 0.15) is 0 Å². The van der Waals surface area contributed by atoms with Crippen LogP contribution in [0.1, 0.15) is 18.1 Å². The maximum absolute atomic E-state index is 11.5. The highest BCUT2D eigenvalue weighted by atomic mass is 32.1. The van der Waals surface area contributed by atoms with Crippen molar-refractivity contribution in [3.05, 3.63) is 35.4 Å². The Morgan fingerprint density at radius 1 is 1.47 bits per heavy atom. The van der Waals surface area contributed by atoms with E-state index in [9.17, 15) is 4.79 Å². The number of hydrogen-bond acceptors (Lipinski definition) is 2. The number of hydrogen-bond donors (Lipinski definition) is 2. The Hall–Kier alpha value is -0.960. The first-order valence-corrected chi connectivity index (χ1v) is 5.71. The van der Waals surface area contributed by atoms with Gasteiger partial charge in [-0.15, -0.1) is 0 Å². The van der Waals surface area contributed by atoms with E-state index in [1.807, 2.05) is 38.1 Å². The lowest BCUT2D eigenvalue weighted by Crippen LogP contribution is -2.29. The van der Waals surface area contributed by atoms with Crippen LogP contribution in [-0.4, -0.2) is 11.7 Å². The Kier molecular flexibility index (Phi) is 4.69. The van der Waals surface area contributed by atoms with E-state index in [1.54, 1.807) is 0 Å². The van der Waals surface area contributed by atoms with Gasteiger partial charge >= 0.3 is 0 Å². The second kappa shape index (κ2) is 5.81. The fourth-order valence-corrected chi connectivity index (χ4v) is 1.41. The van der Waals surface area contributed by atoms with Crippen molar-refractivity contribution in [2.75, 3.05) is 5.75 Å². The number of benzene rings is 1. The first kappa shape index (κ1) is 12.1. The first-order valence-electron chi connectivity index (χ1n) is 5.08. The van der Waals surface area contributed by atoms with Gasteiger partial charge in [-0.3, -0.25) is 4.79 Å². The summed E-state index contributed by atoms with van der Waals surface area (Å²) in [5.41, 5.74) is 2.37. The van der Waals surface area contributed by atoms with E-state index in [2.05, 4.69) is 17.9 Å². The summed E-state index contributed by atoms with van der Waals surface area (Å²) < 4.78 is 0. The summed E-state index contributed by atoms with van der Waals surface area (Å²) >= 11 is 4.09. The quantitative estimate of drug-likeness (QED) is 0.753. The maximum Gasteiger partial charge on any atom is 0.223 e. The van der Waals surface area contributed by atoms with Gasteiger partial charge < -0.3 is 5.32 Å². The average Bonchev–Trinajstić information content (AvgIpc) is 2.26. The van der Waals surface area contributed by atoms with Crippen LogP contribution < -0.4 is 5.32 Å². The second-order valence-electron chi connectivity index (χ2n) is 3.73. The van der Waals surface area contributed by atoms with E-state index in [1.165, 1.54) is 5.56 Å².